The number of para-hydroxylation sites is 1. The zero-order valence-electron chi connectivity index (χ0n) is 14.8. The van der Waals surface area contributed by atoms with Gasteiger partial charge in [0.1, 0.15) is 17.1 Å². The first-order valence-electron chi connectivity index (χ1n) is 8.73. The smallest absolute Gasteiger partial charge is 0.276 e. The fraction of sp³-hybridized carbons (Fsp3) is 0.200. The summed E-state index contributed by atoms with van der Waals surface area (Å²) in [5, 5.41) is 6.34. The number of aryl methyl sites for hydroxylation is 2. The highest BCUT2D eigenvalue weighted by atomic mass is 16.5. The number of anilines is 2. The van der Waals surface area contributed by atoms with Crippen molar-refractivity contribution < 1.29 is 14.1 Å². The van der Waals surface area contributed by atoms with Crippen LogP contribution in [0.5, 0.6) is 0 Å². The number of nitrogens with zero attached hydrogens (tertiary/aromatic N) is 3. The third-order valence-corrected chi connectivity index (χ3v) is 4.43. The molecular weight excluding hydrogens is 344 g/mol. The maximum absolute atomic E-state index is 13.0. The second-order valence-corrected chi connectivity index (χ2v) is 6.37. The van der Waals surface area contributed by atoms with Gasteiger partial charge < -0.3 is 14.7 Å². The number of rotatable bonds is 3. The number of amides is 2. The van der Waals surface area contributed by atoms with Gasteiger partial charge in [-0.3, -0.25) is 9.59 Å². The van der Waals surface area contributed by atoms with E-state index in [9.17, 15) is 9.59 Å². The second kappa shape index (κ2) is 7.03. The summed E-state index contributed by atoms with van der Waals surface area (Å²) in [6.45, 7) is 2.36. The predicted octanol–water partition coefficient (Wildman–Crippen LogP) is 3.22. The second-order valence-electron chi connectivity index (χ2n) is 6.37. The molecule has 7 heteroatoms. The molecule has 3 aromatic rings. The Balaban J connectivity index is 1.57. The van der Waals surface area contributed by atoms with E-state index in [2.05, 4.69) is 15.5 Å². The van der Waals surface area contributed by atoms with Gasteiger partial charge in [0.05, 0.1) is 0 Å². The quantitative estimate of drug-likeness (QED) is 0.773. The van der Waals surface area contributed by atoms with E-state index < -0.39 is 5.91 Å². The Kier molecular flexibility index (Phi) is 4.42. The van der Waals surface area contributed by atoms with Gasteiger partial charge in [0, 0.05) is 18.3 Å². The molecule has 0 spiro atoms. The number of pyridine rings is 1. The normalized spacial score (nSPS) is 13.1. The zero-order valence-corrected chi connectivity index (χ0v) is 14.8. The Labute approximate surface area is 156 Å². The number of fused-ring (bicyclic) bond motifs is 1. The number of benzene rings is 1. The summed E-state index contributed by atoms with van der Waals surface area (Å²) in [4.78, 5) is 31.4. The maximum atomic E-state index is 13.0. The molecule has 27 heavy (non-hydrogen) atoms. The molecule has 0 bridgehead atoms. The monoisotopic (exact) mass is 362 g/mol. The average Bonchev–Trinajstić information content (AvgIpc) is 3.11. The topological polar surface area (TPSA) is 88.3 Å². The first-order chi connectivity index (χ1) is 13.1. The van der Waals surface area contributed by atoms with Gasteiger partial charge in [-0.25, -0.2) is 4.98 Å². The molecule has 7 nitrogen and oxygen atoms in total. The van der Waals surface area contributed by atoms with E-state index in [0.717, 1.165) is 24.1 Å². The lowest BCUT2D eigenvalue weighted by Crippen LogP contribution is -2.36. The van der Waals surface area contributed by atoms with E-state index in [1.807, 2.05) is 24.3 Å². The van der Waals surface area contributed by atoms with Gasteiger partial charge in [0.15, 0.2) is 5.82 Å². The summed E-state index contributed by atoms with van der Waals surface area (Å²) in [6.07, 6.45) is 1.85. The molecule has 136 valence electrons. The maximum Gasteiger partial charge on any atom is 0.276 e. The molecule has 0 aliphatic carbocycles. The summed E-state index contributed by atoms with van der Waals surface area (Å²) in [7, 11) is 0. The molecule has 1 N–H and O–H groups in total. The Hall–Kier alpha value is -3.48. The highest BCUT2D eigenvalue weighted by molar-refractivity contribution is 6.07. The lowest BCUT2D eigenvalue weighted by atomic mass is 10.0. The Morgan fingerprint density at radius 2 is 1.93 bits per heavy atom. The molecule has 2 amide bonds. The van der Waals surface area contributed by atoms with Crippen molar-refractivity contribution in [2.45, 2.75) is 19.8 Å². The minimum Gasteiger partial charge on any atom is -0.360 e. The average molecular weight is 362 g/mol. The lowest BCUT2D eigenvalue weighted by molar-refractivity contribution is 0.0980. The van der Waals surface area contributed by atoms with Crippen LogP contribution in [0.2, 0.25) is 0 Å². The van der Waals surface area contributed by atoms with Crippen LogP contribution in [0.15, 0.2) is 53.1 Å². The van der Waals surface area contributed by atoms with Crippen molar-refractivity contribution >= 4 is 23.3 Å². The minimum absolute atomic E-state index is 0.145. The summed E-state index contributed by atoms with van der Waals surface area (Å²) in [5.41, 5.74) is 2.43. The fourth-order valence-corrected chi connectivity index (χ4v) is 3.17. The molecule has 0 radical (unpaired) electrons. The molecule has 3 heterocycles. The van der Waals surface area contributed by atoms with Gasteiger partial charge in [-0.1, -0.05) is 29.4 Å². The number of carbonyl (C=O) groups excluding carboxylic acids is 2. The van der Waals surface area contributed by atoms with E-state index in [1.54, 1.807) is 36.1 Å². The van der Waals surface area contributed by atoms with Crippen LogP contribution in [0, 0.1) is 6.92 Å². The Bertz CT molecular complexity index is 1010. The zero-order chi connectivity index (χ0) is 18.8. The SMILES string of the molecule is Cc1cc(NC(=O)c2cccc(C(=O)N3CCCc4ccccc43)n2)no1. The van der Waals surface area contributed by atoms with Crippen molar-refractivity contribution in [2.75, 3.05) is 16.8 Å². The summed E-state index contributed by atoms with van der Waals surface area (Å²) >= 11 is 0. The van der Waals surface area contributed by atoms with Crippen LogP contribution < -0.4 is 10.2 Å². The van der Waals surface area contributed by atoms with Gasteiger partial charge in [-0.15, -0.1) is 0 Å². The Morgan fingerprint density at radius 1 is 1.11 bits per heavy atom. The van der Waals surface area contributed by atoms with Crippen LogP contribution in [0.1, 0.15) is 38.7 Å². The number of carbonyl (C=O) groups is 2. The predicted molar refractivity (Wildman–Crippen MR) is 99.9 cm³/mol. The standard InChI is InChI=1S/C20H18N4O3/c1-13-12-18(23-27-13)22-19(25)15-8-4-9-16(21-15)20(26)24-11-5-7-14-6-2-3-10-17(14)24/h2-4,6,8-10,12H,5,7,11H2,1H3,(H,22,23,25). The molecule has 1 aliphatic heterocycles. The number of hydrogen-bond acceptors (Lipinski definition) is 5. The van der Waals surface area contributed by atoms with Crippen molar-refractivity contribution in [1.29, 1.82) is 0 Å². The molecule has 2 aromatic heterocycles. The number of hydrogen-bond donors (Lipinski definition) is 1. The van der Waals surface area contributed by atoms with Crippen molar-refractivity contribution in [1.82, 2.24) is 10.1 Å². The highest BCUT2D eigenvalue weighted by Gasteiger charge is 2.24. The van der Waals surface area contributed by atoms with E-state index >= 15 is 0 Å². The van der Waals surface area contributed by atoms with Crippen molar-refractivity contribution in [3.8, 4) is 0 Å². The third kappa shape index (κ3) is 3.44. The third-order valence-electron chi connectivity index (χ3n) is 4.43. The molecule has 0 fully saturated rings. The molecule has 0 unspecified atom stereocenters. The number of nitrogens with one attached hydrogen (secondary N) is 1. The van der Waals surface area contributed by atoms with E-state index in [0.29, 0.717) is 18.1 Å². The molecular formula is C20H18N4O3. The summed E-state index contributed by atoms with van der Waals surface area (Å²) < 4.78 is 4.93. The van der Waals surface area contributed by atoms with Crippen molar-refractivity contribution in [3.05, 3.63) is 71.2 Å². The summed E-state index contributed by atoms with van der Waals surface area (Å²) in [6, 6.07) is 14.3. The van der Waals surface area contributed by atoms with Crippen LogP contribution in [0.3, 0.4) is 0 Å². The molecule has 0 saturated heterocycles. The lowest BCUT2D eigenvalue weighted by Gasteiger charge is -2.29. The van der Waals surface area contributed by atoms with E-state index in [4.69, 9.17) is 4.52 Å². The molecule has 0 saturated carbocycles. The van der Waals surface area contributed by atoms with E-state index in [1.165, 1.54) is 0 Å². The largest absolute Gasteiger partial charge is 0.360 e. The molecule has 4 rings (SSSR count). The highest BCUT2D eigenvalue weighted by Crippen LogP contribution is 2.27. The molecule has 1 aromatic carbocycles. The van der Waals surface area contributed by atoms with Gasteiger partial charge in [-0.2, -0.15) is 0 Å². The molecule has 1 aliphatic rings. The Morgan fingerprint density at radius 3 is 2.74 bits per heavy atom. The first kappa shape index (κ1) is 17.0. The summed E-state index contributed by atoms with van der Waals surface area (Å²) in [5.74, 6) is 0.234. The van der Waals surface area contributed by atoms with Crippen molar-refractivity contribution in [3.63, 3.8) is 0 Å². The van der Waals surface area contributed by atoms with Gasteiger partial charge in [0.2, 0.25) is 0 Å². The molecule has 0 atom stereocenters. The first-order valence-corrected chi connectivity index (χ1v) is 8.73. The van der Waals surface area contributed by atoms with Gasteiger partial charge in [0.25, 0.3) is 11.8 Å². The minimum atomic E-state index is -0.447. The fourth-order valence-electron chi connectivity index (χ4n) is 3.17. The van der Waals surface area contributed by atoms with Crippen LogP contribution in [-0.2, 0) is 6.42 Å². The number of aromatic nitrogens is 2. The van der Waals surface area contributed by atoms with Gasteiger partial charge in [-0.05, 0) is 43.5 Å². The van der Waals surface area contributed by atoms with E-state index in [-0.39, 0.29) is 17.3 Å². The van der Waals surface area contributed by atoms with Crippen LogP contribution >= 0.6 is 0 Å². The van der Waals surface area contributed by atoms with Crippen molar-refractivity contribution in [2.24, 2.45) is 0 Å². The van der Waals surface area contributed by atoms with Crippen LogP contribution in [0.25, 0.3) is 0 Å². The van der Waals surface area contributed by atoms with Crippen LogP contribution in [0.4, 0.5) is 11.5 Å². The van der Waals surface area contributed by atoms with Crippen LogP contribution in [-0.4, -0.2) is 28.5 Å². The van der Waals surface area contributed by atoms with Gasteiger partial charge >= 0.3 is 0 Å².